The number of rotatable bonds is 2. The molecule has 5 nitrogen and oxygen atoms in total. The molecule has 162 valence electrons. The molecule has 7 rings (SSSR count). The van der Waals surface area contributed by atoms with Crippen LogP contribution in [0.4, 0.5) is 0 Å². The molecule has 0 amide bonds. The summed E-state index contributed by atoms with van der Waals surface area (Å²) in [6.07, 6.45) is 0. The molecule has 0 unspecified atom stereocenters. The van der Waals surface area contributed by atoms with Gasteiger partial charge in [0.05, 0.1) is 22.1 Å². The van der Waals surface area contributed by atoms with Crippen LogP contribution in [0.2, 0.25) is 0 Å². The van der Waals surface area contributed by atoms with E-state index < -0.39 is 17.4 Å². The van der Waals surface area contributed by atoms with Crippen molar-refractivity contribution in [3.8, 4) is 11.1 Å². The van der Waals surface area contributed by atoms with Gasteiger partial charge in [-0.05, 0) is 51.6 Å². The highest BCUT2D eigenvalue weighted by atomic mass is 16.6. The van der Waals surface area contributed by atoms with E-state index in [1.807, 2.05) is 48.5 Å². The number of ether oxygens (including phenoxy) is 2. The van der Waals surface area contributed by atoms with Gasteiger partial charge < -0.3 is 9.47 Å². The maximum Gasteiger partial charge on any atom is 0.346 e. The smallest absolute Gasteiger partial charge is 0.346 e. The van der Waals surface area contributed by atoms with Crippen molar-refractivity contribution in [1.29, 1.82) is 0 Å². The van der Waals surface area contributed by atoms with Crippen LogP contribution in [0.25, 0.3) is 11.1 Å². The molecule has 2 aliphatic heterocycles. The lowest BCUT2D eigenvalue weighted by Gasteiger charge is -2.34. The highest BCUT2D eigenvalue weighted by Gasteiger charge is 2.47. The van der Waals surface area contributed by atoms with Gasteiger partial charge in [-0.25, -0.2) is 14.4 Å². The van der Waals surface area contributed by atoms with E-state index >= 15 is 0 Å². The topological polar surface area (TPSA) is 69.7 Å². The highest BCUT2D eigenvalue weighted by molar-refractivity contribution is 6.15. The van der Waals surface area contributed by atoms with E-state index in [-0.39, 0.29) is 23.7 Å². The Morgan fingerprint density at radius 2 is 1.15 bits per heavy atom. The van der Waals surface area contributed by atoms with Crippen LogP contribution in [0.3, 0.4) is 0 Å². The van der Waals surface area contributed by atoms with Crippen LogP contribution in [-0.4, -0.2) is 17.9 Å². The average Bonchev–Trinajstić information content (AvgIpc) is 3.49. The second-order valence-electron chi connectivity index (χ2n) is 8.73. The Labute approximate surface area is 194 Å². The summed E-state index contributed by atoms with van der Waals surface area (Å²) < 4.78 is 10.1. The molecule has 0 saturated heterocycles. The van der Waals surface area contributed by atoms with Crippen LogP contribution >= 0.6 is 0 Å². The number of fused-ring (bicyclic) bond motifs is 5. The number of hydrogen-bond acceptors (Lipinski definition) is 5. The lowest BCUT2D eigenvalue weighted by Crippen LogP contribution is -2.29. The van der Waals surface area contributed by atoms with Crippen molar-refractivity contribution in [3.63, 3.8) is 0 Å². The minimum Gasteiger partial charge on any atom is -0.457 e. The van der Waals surface area contributed by atoms with Crippen LogP contribution in [0, 0.1) is 0 Å². The molecule has 0 aromatic heterocycles. The molecule has 0 bridgehead atoms. The van der Waals surface area contributed by atoms with Crippen LogP contribution in [-0.2, 0) is 21.5 Å². The molecule has 4 aromatic rings. The van der Waals surface area contributed by atoms with Gasteiger partial charge in [-0.2, -0.15) is 0 Å². The SMILES string of the molecule is O=C1OCc2ccc(C3(c4ccc5c(c4)C(=O)OC5=O)c4ccccc4-c4ccccc43)cc21. The summed E-state index contributed by atoms with van der Waals surface area (Å²) in [5.74, 6) is -1.61. The third-order valence-corrected chi connectivity index (χ3v) is 7.15. The highest BCUT2D eigenvalue weighted by Crippen LogP contribution is 2.56. The Morgan fingerprint density at radius 1 is 0.559 bits per heavy atom. The summed E-state index contributed by atoms with van der Waals surface area (Å²) in [7, 11) is 0. The summed E-state index contributed by atoms with van der Waals surface area (Å²) in [5, 5.41) is 0. The standard InChI is InChI=1S/C29H16O5/c30-26-22-13-17(10-9-16(22)15-33-26)29(18-11-12-21-23(14-18)28(32)34-27(21)31)24-7-3-1-5-19(24)20-6-2-4-8-25(20)29/h1-14H,15H2. The normalized spacial score (nSPS) is 16.4. The first-order valence-electron chi connectivity index (χ1n) is 11.0. The first kappa shape index (κ1) is 19.0. The molecule has 2 heterocycles. The molecule has 0 spiro atoms. The van der Waals surface area contributed by atoms with E-state index in [1.165, 1.54) is 0 Å². The molecule has 34 heavy (non-hydrogen) atoms. The van der Waals surface area contributed by atoms with E-state index in [0.717, 1.165) is 38.9 Å². The summed E-state index contributed by atoms with van der Waals surface area (Å²) in [6, 6.07) is 27.5. The molecular weight excluding hydrogens is 428 g/mol. The lowest BCUT2D eigenvalue weighted by atomic mass is 9.67. The second-order valence-corrected chi connectivity index (χ2v) is 8.73. The number of benzene rings is 4. The fourth-order valence-electron chi connectivity index (χ4n) is 5.69. The first-order chi connectivity index (χ1) is 16.6. The van der Waals surface area contributed by atoms with Crippen molar-refractivity contribution in [2.45, 2.75) is 12.0 Å². The zero-order valence-electron chi connectivity index (χ0n) is 17.8. The van der Waals surface area contributed by atoms with Gasteiger partial charge in [0.15, 0.2) is 0 Å². The number of cyclic esters (lactones) is 3. The minimum atomic E-state index is -0.800. The van der Waals surface area contributed by atoms with Crippen molar-refractivity contribution in [2.24, 2.45) is 0 Å². The molecule has 0 N–H and O–H groups in total. The van der Waals surface area contributed by atoms with Crippen molar-refractivity contribution in [2.75, 3.05) is 0 Å². The van der Waals surface area contributed by atoms with E-state index in [0.29, 0.717) is 5.56 Å². The van der Waals surface area contributed by atoms with Crippen LogP contribution in [0.15, 0.2) is 84.9 Å². The maximum atomic E-state index is 12.5. The molecule has 3 aliphatic rings. The molecule has 0 fully saturated rings. The van der Waals surface area contributed by atoms with Crippen molar-refractivity contribution < 1.29 is 23.9 Å². The van der Waals surface area contributed by atoms with E-state index in [1.54, 1.807) is 12.1 Å². The van der Waals surface area contributed by atoms with Gasteiger partial charge in [0.1, 0.15) is 6.61 Å². The third kappa shape index (κ3) is 2.26. The molecule has 5 heteroatoms. The largest absolute Gasteiger partial charge is 0.457 e. The molecule has 0 saturated carbocycles. The maximum absolute atomic E-state index is 12.5. The van der Waals surface area contributed by atoms with Crippen LogP contribution in [0.1, 0.15) is 58.9 Å². The zero-order valence-corrected chi connectivity index (χ0v) is 17.8. The van der Waals surface area contributed by atoms with Gasteiger partial charge in [0.25, 0.3) is 0 Å². The minimum absolute atomic E-state index is 0.254. The third-order valence-electron chi connectivity index (χ3n) is 7.15. The molecule has 1 aliphatic carbocycles. The quantitative estimate of drug-likeness (QED) is 0.282. The Kier molecular flexibility index (Phi) is 3.64. The fraction of sp³-hybridized carbons (Fsp3) is 0.0690. The number of carbonyl (C=O) groups is 3. The van der Waals surface area contributed by atoms with Gasteiger partial charge in [0.2, 0.25) is 0 Å². The second kappa shape index (κ2) is 6.51. The van der Waals surface area contributed by atoms with Crippen molar-refractivity contribution >= 4 is 17.9 Å². The monoisotopic (exact) mass is 444 g/mol. The molecule has 0 radical (unpaired) electrons. The Balaban J connectivity index is 1.61. The van der Waals surface area contributed by atoms with Gasteiger partial charge in [0, 0.05) is 5.56 Å². The summed E-state index contributed by atoms with van der Waals surface area (Å²) in [4.78, 5) is 37.1. The van der Waals surface area contributed by atoms with E-state index in [4.69, 9.17) is 9.47 Å². The zero-order chi connectivity index (χ0) is 23.0. The number of hydrogen-bond donors (Lipinski definition) is 0. The molecule has 0 atom stereocenters. The Hall–Kier alpha value is -4.51. The molecular formula is C29H16O5. The van der Waals surface area contributed by atoms with Crippen molar-refractivity contribution in [3.05, 3.63) is 129 Å². The van der Waals surface area contributed by atoms with E-state index in [9.17, 15) is 14.4 Å². The predicted octanol–water partition coefficient (Wildman–Crippen LogP) is 5.03. The van der Waals surface area contributed by atoms with Gasteiger partial charge >= 0.3 is 17.9 Å². The van der Waals surface area contributed by atoms with Crippen molar-refractivity contribution in [1.82, 2.24) is 0 Å². The lowest BCUT2D eigenvalue weighted by molar-refractivity contribution is 0.0442. The number of esters is 3. The Morgan fingerprint density at radius 3 is 1.85 bits per heavy atom. The number of carbonyl (C=O) groups excluding carboxylic acids is 3. The van der Waals surface area contributed by atoms with Crippen LogP contribution in [0.5, 0.6) is 0 Å². The molecule has 4 aromatic carbocycles. The summed E-state index contributed by atoms with van der Waals surface area (Å²) >= 11 is 0. The van der Waals surface area contributed by atoms with Gasteiger partial charge in [-0.3, -0.25) is 0 Å². The average molecular weight is 444 g/mol. The predicted molar refractivity (Wildman–Crippen MR) is 123 cm³/mol. The summed E-state index contributed by atoms with van der Waals surface area (Å²) in [6.45, 7) is 0.265. The fourth-order valence-corrected chi connectivity index (χ4v) is 5.69. The summed E-state index contributed by atoms with van der Waals surface area (Å²) in [5.41, 5.74) is 7.08. The van der Waals surface area contributed by atoms with E-state index in [2.05, 4.69) is 24.3 Å². The Bertz CT molecular complexity index is 1550. The van der Waals surface area contributed by atoms with Gasteiger partial charge in [-0.15, -0.1) is 0 Å². The van der Waals surface area contributed by atoms with Crippen LogP contribution < -0.4 is 0 Å². The van der Waals surface area contributed by atoms with Gasteiger partial charge in [-0.1, -0.05) is 66.7 Å². The first-order valence-corrected chi connectivity index (χ1v) is 11.0.